The number of methoxy groups -OCH3 is 1. The first-order chi connectivity index (χ1) is 15.3. The van der Waals surface area contributed by atoms with Crippen molar-refractivity contribution in [3.05, 3.63) is 94.4 Å². The fourth-order valence-electron chi connectivity index (χ4n) is 3.66. The molecular formula is C26H22N2O2S. The molecule has 1 aliphatic carbocycles. The summed E-state index contributed by atoms with van der Waals surface area (Å²) < 4.78 is 11.2. The third-order valence-electron chi connectivity index (χ3n) is 5.33. The van der Waals surface area contributed by atoms with Gasteiger partial charge in [-0.25, -0.2) is 9.98 Å². The van der Waals surface area contributed by atoms with Crippen LogP contribution < -0.4 is 9.47 Å². The van der Waals surface area contributed by atoms with E-state index in [-0.39, 0.29) is 0 Å². The summed E-state index contributed by atoms with van der Waals surface area (Å²) in [6, 6.07) is 24.4. The van der Waals surface area contributed by atoms with Gasteiger partial charge in [0.15, 0.2) is 0 Å². The van der Waals surface area contributed by atoms with Gasteiger partial charge in [-0.15, -0.1) is 0 Å². The lowest BCUT2D eigenvalue weighted by atomic mass is 9.93. The van der Waals surface area contributed by atoms with Gasteiger partial charge in [0, 0.05) is 16.7 Å². The van der Waals surface area contributed by atoms with E-state index in [1.807, 2.05) is 54.7 Å². The maximum Gasteiger partial charge on any atom is 0.209 e. The molecule has 154 valence electrons. The highest BCUT2D eigenvalue weighted by Gasteiger charge is 2.21. The van der Waals surface area contributed by atoms with Gasteiger partial charge >= 0.3 is 0 Å². The number of thiazole rings is 1. The van der Waals surface area contributed by atoms with E-state index in [2.05, 4.69) is 29.3 Å². The van der Waals surface area contributed by atoms with Crippen LogP contribution >= 0.6 is 11.3 Å². The van der Waals surface area contributed by atoms with Crippen molar-refractivity contribution in [3.63, 3.8) is 0 Å². The molecule has 0 bridgehead atoms. The molecular weight excluding hydrogens is 404 g/mol. The van der Waals surface area contributed by atoms with Gasteiger partial charge in [-0.2, -0.15) is 0 Å². The molecule has 31 heavy (non-hydrogen) atoms. The number of aliphatic imine (C=N–C) groups is 1. The Labute approximate surface area is 185 Å². The van der Waals surface area contributed by atoms with Crippen LogP contribution in [0.2, 0.25) is 0 Å². The van der Waals surface area contributed by atoms with Gasteiger partial charge in [-0.3, -0.25) is 0 Å². The van der Waals surface area contributed by atoms with Crippen LogP contribution in [0, 0.1) is 0 Å². The highest BCUT2D eigenvalue weighted by Crippen LogP contribution is 2.40. The van der Waals surface area contributed by atoms with Crippen LogP contribution in [0.1, 0.15) is 21.6 Å². The van der Waals surface area contributed by atoms with E-state index < -0.39 is 0 Å². The van der Waals surface area contributed by atoms with E-state index >= 15 is 0 Å². The Balaban J connectivity index is 1.28. The van der Waals surface area contributed by atoms with Gasteiger partial charge < -0.3 is 9.47 Å². The molecule has 0 N–H and O–H groups in total. The molecule has 0 spiro atoms. The number of ether oxygens (including phenoxy) is 2. The summed E-state index contributed by atoms with van der Waals surface area (Å²) in [5.41, 5.74) is 5.70. The molecule has 1 aromatic heterocycles. The quantitative estimate of drug-likeness (QED) is 0.342. The molecule has 3 aromatic carbocycles. The van der Waals surface area contributed by atoms with Gasteiger partial charge in [-0.05, 0) is 65.9 Å². The van der Waals surface area contributed by atoms with Crippen molar-refractivity contribution in [3.8, 4) is 22.8 Å². The fourth-order valence-corrected chi connectivity index (χ4v) is 4.58. The number of nitrogens with zero attached hydrogens (tertiary/aromatic N) is 2. The summed E-state index contributed by atoms with van der Waals surface area (Å²) in [5.74, 6) is 1.70. The minimum atomic E-state index is 0.561. The van der Waals surface area contributed by atoms with Crippen molar-refractivity contribution in [1.82, 2.24) is 4.98 Å². The molecule has 0 aliphatic heterocycles. The van der Waals surface area contributed by atoms with Gasteiger partial charge in [0.2, 0.25) is 5.13 Å². The Bertz CT molecular complexity index is 1210. The van der Waals surface area contributed by atoms with E-state index in [1.165, 1.54) is 16.0 Å². The van der Waals surface area contributed by atoms with Crippen molar-refractivity contribution < 1.29 is 9.47 Å². The maximum atomic E-state index is 5.85. The molecule has 5 rings (SSSR count). The molecule has 0 unspecified atom stereocenters. The zero-order valence-corrected chi connectivity index (χ0v) is 18.1. The molecule has 0 amide bonds. The maximum absolute atomic E-state index is 5.85. The molecule has 0 saturated heterocycles. The number of benzene rings is 3. The average molecular weight is 427 g/mol. The van der Waals surface area contributed by atoms with Crippen LogP contribution in [-0.2, 0) is 19.4 Å². The summed E-state index contributed by atoms with van der Waals surface area (Å²) in [6.07, 6.45) is 3.90. The number of hydrogen-bond donors (Lipinski definition) is 0. The third kappa shape index (κ3) is 4.37. The zero-order valence-electron chi connectivity index (χ0n) is 17.2. The van der Waals surface area contributed by atoms with Gasteiger partial charge in [0.05, 0.1) is 12.8 Å². The third-order valence-corrected chi connectivity index (χ3v) is 6.36. The Morgan fingerprint density at radius 2 is 1.77 bits per heavy atom. The topological polar surface area (TPSA) is 43.7 Å². The van der Waals surface area contributed by atoms with Crippen molar-refractivity contribution in [2.45, 2.75) is 19.4 Å². The van der Waals surface area contributed by atoms with E-state index in [0.29, 0.717) is 6.61 Å². The summed E-state index contributed by atoms with van der Waals surface area (Å²) in [6.45, 7) is 0.561. The molecule has 0 saturated carbocycles. The Hall–Kier alpha value is -3.44. The van der Waals surface area contributed by atoms with E-state index in [9.17, 15) is 0 Å². The predicted molar refractivity (Wildman–Crippen MR) is 126 cm³/mol. The van der Waals surface area contributed by atoms with Gasteiger partial charge in [0.1, 0.15) is 18.1 Å². The van der Waals surface area contributed by atoms with E-state index in [0.717, 1.165) is 46.3 Å². The van der Waals surface area contributed by atoms with Gasteiger partial charge in [0.25, 0.3) is 0 Å². The van der Waals surface area contributed by atoms with Crippen LogP contribution in [-0.4, -0.2) is 18.3 Å². The molecule has 0 atom stereocenters. The van der Waals surface area contributed by atoms with Gasteiger partial charge in [-0.1, -0.05) is 47.7 Å². The molecule has 4 nitrogen and oxygen atoms in total. The highest BCUT2D eigenvalue weighted by atomic mass is 32.1. The number of aryl methyl sites for hydroxylation is 2. The molecule has 0 radical (unpaired) electrons. The second-order valence-corrected chi connectivity index (χ2v) is 8.45. The Morgan fingerprint density at radius 1 is 0.968 bits per heavy atom. The normalized spacial score (nSPS) is 12.4. The number of hydrogen-bond acceptors (Lipinski definition) is 5. The highest BCUT2D eigenvalue weighted by molar-refractivity contribution is 7.15. The molecule has 1 aliphatic rings. The zero-order chi connectivity index (χ0) is 21.0. The van der Waals surface area contributed by atoms with Crippen molar-refractivity contribution >= 4 is 22.7 Å². The number of rotatable bonds is 6. The second-order valence-electron chi connectivity index (χ2n) is 7.39. The fraction of sp³-hybridized carbons (Fsp3) is 0.154. The minimum Gasteiger partial charge on any atom is -0.497 e. The van der Waals surface area contributed by atoms with Crippen LogP contribution in [0.4, 0.5) is 5.13 Å². The summed E-state index contributed by atoms with van der Waals surface area (Å²) >= 11 is 1.67. The van der Waals surface area contributed by atoms with Crippen LogP contribution in [0.15, 0.2) is 77.8 Å². The Kier molecular flexibility index (Phi) is 5.50. The van der Waals surface area contributed by atoms with Crippen LogP contribution in [0.5, 0.6) is 11.5 Å². The number of aromatic nitrogens is 1. The summed E-state index contributed by atoms with van der Waals surface area (Å²) in [4.78, 5) is 10.7. The summed E-state index contributed by atoms with van der Waals surface area (Å²) in [5, 5.41) is 0.782. The average Bonchev–Trinajstić information content (AvgIpc) is 3.26. The monoisotopic (exact) mass is 426 g/mol. The number of fused-ring (bicyclic) bond motifs is 3. The smallest absolute Gasteiger partial charge is 0.209 e. The first-order valence-electron chi connectivity index (χ1n) is 10.3. The predicted octanol–water partition coefficient (Wildman–Crippen LogP) is 6.25. The Morgan fingerprint density at radius 3 is 2.58 bits per heavy atom. The van der Waals surface area contributed by atoms with E-state index in [1.54, 1.807) is 18.4 Å². The SMILES string of the molecule is COc1ccc2c(c1)-c1nc(N=Cc3ccc(OCc4ccccc4)cc3)sc1CC2. The largest absolute Gasteiger partial charge is 0.497 e. The first-order valence-corrected chi connectivity index (χ1v) is 11.1. The standard InChI is InChI=1S/C26H22N2O2S/c1-29-22-13-9-20-10-14-24-25(23(20)15-22)28-26(31-24)27-16-18-7-11-21(12-8-18)30-17-19-5-3-2-4-6-19/h2-9,11-13,15-16H,10,14,17H2,1H3. The van der Waals surface area contributed by atoms with Crippen LogP contribution in [0.25, 0.3) is 11.3 Å². The first kappa shape index (κ1) is 19.5. The van der Waals surface area contributed by atoms with Crippen molar-refractivity contribution in [1.29, 1.82) is 0 Å². The molecule has 0 fully saturated rings. The second kappa shape index (κ2) is 8.74. The molecule has 4 aromatic rings. The van der Waals surface area contributed by atoms with Crippen molar-refractivity contribution in [2.75, 3.05) is 7.11 Å². The van der Waals surface area contributed by atoms with Crippen LogP contribution in [0.3, 0.4) is 0 Å². The molecule has 1 heterocycles. The lowest BCUT2D eigenvalue weighted by molar-refractivity contribution is 0.306. The minimum absolute atomic E-state index is 0.561. The lowest BCUT2D eigenvalue weighted by Crippen LogP contribution is -2.02. The molecule has 5 heteroatoms. The summed E-state index contributed by atoms with van der Waals surface area (Å²) in [7, 11) is 1.69. The van der Waals surface area contributed by atoms with Crippen molar-refractivity contribution in [2.24, 2.45) is 4.99 Å². The lowest BCUT2D eigenvalue weighted by Gasteiger charge is -2.15. The van der Waals surface area contributed by atoms with E-state index in [4.69, 9.17) is 14.5 Å².